The van der Waals surface area contributed by atoms with Gasteiger partial charge in [-0.15, -0.1) is 24.0 Å². The molecule has 0 amide bonds. The predicted octanol–water partition coefficient (Wildman–Crippen LogP) is 2.15. The Bertz CT molecular complexity index is 549. The fourth-order valence-electron chi connectivity index (χ4n) is 3.13. The standard InChI is InChI=1S/C17H30N6O.HI/c1-12(2)16-21-15(24-22-16)6-9-19-17(18-3)20-13-7-10-23(11-8-13)14-4-5-14;/h12-14H,4-11H2,1-3H3,(H2,18,19,20);1H. The molecule has 0 unspecified atom stereocenters. The number of hydrogen-bond acceptors (Lipinski definition) is 5. The van der Waals surface area contributed by atoms with E-state index in [-0.39, 0.29) is 24.0 Å². The van der Waals surface area contributed by atoms with E-state index in [2.05, 4.69) is 44.5 Å². The molecule has 142 valence electrons. The lowest BCUT2D eigenvalue weighted by Crippen LogP contribution is -2.49. The minimum atomic E-state index is 0. The molecular formula is C17H31IN6O. The van der Waals surface area contributed by atoms with Crippen LogP contribution in [-0.2, 0) is 6.42 Å². The maximum Gasteiger partial charge on any atom is 0.228 e. The number of aliphatic imine (C=N–C) groups is 1. The van der Waals surface area contributed by atoms with Crippen molar-refractivity contribution >= 4 is 29.9 Å². The number of piperidine rings is 1. The number of nitrogens with zero attached hydrogens (tertiary/aromatic N) is 4. The number of hydrogen-bond donors (Lipinski definition) is 2. The van der Waals surface area contributed by atoms with Crippen LogP contribution in [0.2, 0.25) is 0 Å². The zero-order valence-corrected chi connectivity index (χ0v) is 17.8. The Morgan fingerprint density at radius 1 is 1.28 bits per heavy atom. The van der Waals surface area contributed by atoms with E-state index in [4.69, 9.17) is 4.52 Å². The van der Waals surface area contributed by atoms with Gasteiger partial charge in [0.25, 0.3) is 0 Å². The molecule has 0 atom stereocenters. The highest BCUT2D eigenvalue weighted by molar-refractivity contribution is 14.0. The lowest BCUT2D eigenvalue weighted by molar-refractivity contribution is 0.197. The van der Waals surface area contributed by atoms with Crippen molar-refractivity contribution in [2.45, 2.75) is 64.0 Å². The van der Waals surface area contributed by atoms with E-state index < -0.39 is 0 Å². The van der Waals surface area contributed by atoms with Gasteiger partial charge >= 0.3 is 0 Å². The van der Waals surface area contributed by atoms with E-state index in [9.17, 15) is 0 Å². The average Bonchev–Trinajstić information content (AvgIpc) is 3.32. The maximum atomic E-state index is 5.26. The first-order valence-electron chi connectivity index (χ1n) is 9.19. The molecule has 2 fully saturated rings. The lowest BCUT2D eigenvalue weighted by Gasteiger charge is -2.33. The van der Waals surface area contributed by atoms with E-state index in [1.807, 2.05) is 7.05 Å². The molecule has 0 radical (unpaired) electrons. The highest BCUT2D eigenvalue weighted by atomic mass is 127. The summed E-state index contributed by atoms with van der Waals surface area (Å²) in [4.78, 5) is 11.4. The number of aromatic nitrogens is 2. The minimum Gasteiger partial charge on any atom is -0.356 e. The highest BCUT2D eigenvalue weighted by Gasteiger charge is 2.31. The zero-order valence-electron chi connectivity index (χ0n) is 15.5. The molecule has 0 bridgehead atoms. The largest absolute Gasteiger partial charge is 0.356 e. The van der Waals surface area contributed by atoms with Crippen molar-refractivity contribution < 1.29 is 4.52 Å². The van der Waals surface area contributed by atoms with Crippen LogP contribution < -0.4 is 10.6 Å². The van der Waals surface area contributed by atoms with Gasteiger partial charge in [0.2, 0.25) is 5.89 Å². The fraction of sp³-hybridized carbons (Fsp3) is 0.824. The first kappa shape index (κ1) is 20.4. The molecule has 1 aliphatic heterocycles. The molecule has 3 rings (SSSR count). The number of guanidine groups is 1. The van der Waals surface area contributed by atoms with Gasteiger partial charge in [0.15, 0.2) is 11.8 Å². The topological polar surface area (TPSA) is 78.6 Å². The summed E-state index contributed by atoms with van der Waals surface area (Å²) in [7, 11) is 1.82. The quantitative estimate of drug-likeness (QED) is 0.383. The van der Waals surface area contributed by atoms with E-state index in [1.165, 1.54) is 38.8 Å². The Morgan fingerprint density at radius 3 is 2.56 bits per heavy atom. The normalized spacial score (nSPS) is 19.8. The summed E-state index contributed by atoms with van der Waals surface area (Å²) in [5, 5.41) is 10.9. The Balaban J connectivity index is 0.00000225. The van der Waals surface area contributed by atoms with Crippen LogP contribution in [0.1, 0.15) is 57.2 Å². The van der Waals surface area contributed by atoms with E-state index in [0.717, 1.165) is 24.4 Å². The smallest absolute Gasteiger partial charge is 0.228 e. The summed E-state index contributed by atoms with van der Waals surface area (Å²) in [6.45, 7) is 7.28. The molecule has 25 heavy (non-hydrogen) atoms. The third-order valence-electron chi connectivity index (χ3n) is 4.79. The molecule has 1 aromatic heterocycles. The van der Waals surface area contributed by atoms with Crippen LogP contribution in [-0.4, -0.2) is 59.8 Å². The highest BCUT2D eigenvalue weighted by Crippen LogP contribution is 2.29. The molecule has 2 heterocycles. The second-order valence-electron chi connectivity index (χ2n) is 7.14. The van der Waals surface area contributed by atoms with Crippen LogP contribution in [0.5, 0.6) is 0 Å². The molecule has 1 saturated heterocycles. The molecular weight excluding hydrogens is 431 g/mol. The van der Waals surface area contributed by atoms with E-state index in [0.29, 0.717) is 24.3 Å². The van der Waals surface area contributed by atoms with Crippen LogP contribution in [0.4, 0.5) is 0 Å². The lowest BCUT2D eigenvalue weighted by atomic mass is 10.1. The van der Waals surface area contributed by atoms with Crippen molar-refractivity contribution in [2.24, 2.45) is 4.99 Å². The van der Waals surface area contributed by atoms with Crippen LogP contribution in [0.15, 0.2) is 9.52 Å². The third-order valence-corrected chi connectivity index (χ3v) is 4.79. The van der Waals surface area contributed by atoms with E-state index in [1.54, 1.807) is 0 Å². The first-order chi connectivity index (χ1) is 11.7. The molecule has 0 aromatic carbocycles. The summed E-state index contributed by atoms with van der Waals surface area (Å²) in [6, 6.07) is 1.40. The Labute approximate surface area is 167 Å². The molecule has 7 nitrogen and oxygen atoms in total. The van der Waals surface area contributed by atoms with Crippen LogP contribution >= 0.6 is 24.0 Å². The number of nitrogens with one attached hydrogen (secondary N) is 2. The second-order valence-corrected chi connectivity index (χ2v) is 7.14. The summed E-state index contributed by atoms with van der Waals surface area (Å²) < 4.78 is 5.26. The zero-order chi connectivity index (χ0) is 16.9. The van der Waals surface area contributed by atoms with Crippen molar-refractivity contribution in [3.05, 3.63) is 11.7 Å². The fourth-order valence-corrected chi connectivity index (χ4v) is 3.13. The van der Waals surface area contributed by atoms with Gasteiger partial charge in [0.1, 0.15) is 0 Å². The molecule has 8 heteroatoms. The SMILES string of the molecule is CN=C(NCCc1nc(C(C)C)no1)NC1CCN(C2CC2)CC1.I. The van der Waals surface area contributed by atoms with Crippen LogP contribution in [0, 0.1) is 0 Å². The Kier molecular flexibility index (Phi) is 7.92. The molecule has 2 N–H and O–H groups in total. The van der Waals surface area contributed by atoms with Crippen molar-refractivity contribution in [2.75, 3.05) is 26.7 Å². The van der Waals surface area contributed by atoms with Gasteiger partial charge in [0.05, 0.1) is 0 Å². The second kappa shape index (κ2) is 9.70. The average molecular weight is 462 g/mol. The first-order valence-corrected chi connectivity index (χ1v) is 9.19. The van der Waals surface area contributed by atoms with Crippen molar-refractivity contribution in [3.63, 3.8) is 0 Å². The van der Waals surface area contributed by atoms with Crippen molar-refractivity contribution in [1.29, 1.82) is 0 Å². The van der Waals surface area contributed by atoms with Gasteiger partial charge in [0, 0.05) is 51.1 Å². The monoisotopic (exact) mass is 462 g/mol. The Morgan fingerprint density at radius 2 is 2.00 bits per heavy atom. The molecule has 1 aromatic rings. The van der Waals surface area contributed by atoms with Crippen LogP contribution in [0.25, 0.3) is 0 Å². The maximum absolute atomic E-state index is 5.26. The van der Waals surface area contributed by atoms with Gasteiger partial charge in [-0.05, 0) is 25.7 Å². The van der Waals surface area contributed by atoms with Gasteiger partial charge in [-0.2, -0.15) is 4.98 Å². The molecule has 0 spiro atoms. The van der Waals surface area contributed by atoms with Gasteiger partial charge in [-0.1, -0.05) is 19.0 Å². The predicted molar refractivity (Wildman–Crippen MR) is 110 cm³/mol. The summed E-state index contributed by atoms with van der Waals surface area (Å²) in [5.41, 5.74) is 0. The van der Waals surface area contributed by atoms with Gasteiger partial charge in [-0.3, -0.25) is 4.99 Å². The van der Waals surface area contributed by atoms with E-state index >= 15 is 0 Å². The molecule has 2 aliphatic rings. The summed E-state index contributed by atoms with van der Waals surface area (Å²) in [5.74, 6) is 2.61. The van der Waals surface area contributed by atoms with Crippen molar-refractivity contribution in [3.8, 4) is 0 Å². The van der Waals surface area contributed by atoms with Gasteiger partial charge in [-0.25, -0.2) is 0 Å². The number of likely N-dealkylation sites (tertiary alicyclic amines) is 1. The number of halogens is 1. The molecule has 1 aliphatic carbocycles. The summed E-state index contributed by atoms with van der Waals surface area (Å²) in [6.07, 6.45) is 5.89. The number of rotatable bonds is 6. The third kappa shape index (κ3) is 6.09. The van der Waals surface area contributed by atoms with Crippen molar-refractivity contribution in [1.82, 2.24) is 25.7 Å². The van der Waals surface area contributed by atoms with Crippen LogP contribution in [0.3, 0.4) is 0 Å². The summed E-state index contributed by atoms with van der Waals surface area (Å²) >= 11 is 0. The molecule has 1 saturated carbocycles. The minimum absolute atomic E-state index is 0. The van der Waals surface area contributed by atoms with Gasteiger partial charge < -0.3 is 20.1 Å². The Hall–Kier alpha value is -0.900.